The monoisotopic (exact) mass is 234 g/mol. The Morgan fingerprint density at radius 1 is 1.38 bits per heavy atom. The lowest BCUT2D eigenvalue weighted by Gasteiger charge is -1.94. The van der Waals surface area contributed by atoms with Gasteiger partial charge >= 0.3 is 0 Å². The summed E-state index contributed by atoms with van der Waals surface area (Å²) in [6.45, 7) is 1.79. The smallest absolute Gasteiger partial charge is 0.225 e. The van der Waals surface area contributed by atoms with E-state index in [1.165, 1.54) is 11.3 Å². The Labute approximate surface area is 96.6 Å². The molecule has 1 N–H and O–H groups in total. The zero-order valence-corrected chi connectivity index (χ0v) is 9.49. The zero-order chi connectivity index (χ0) is 11.4. The maximum Gasteiger partial charge on any atom is 0.225 e. The molecular weight excluding hydrogens is 224 g/mol. The lowest BCUT2D eigenvalue weighted by atomic mass is 10.3. The Morgan fingerprint density at radius 3 is 2.81 bits per heavy atom. The van der Waals surface area contributed by atoms with Gasteiger partial charge in [0.25, 0.3) is 0 Å². The molecule has 82 valence electrons. The average molecular weight is 234 g/mol. The molecule has 0 bridgehead atoms. The van der Waals surface area contributed by atoms with E-state index in [0.29, 0.717) is 11.6 Å². The first-order chi connectivity index (χ1) is 7.79. The first-order valence-electron chi connectivity index (χ1n) is 4.83. The molecule has 0 aliphatic rings. The number of anilines is 1. The van der Waals surface area contributed by atoms with E-state index >= 15 is 0 Å². The van der Waals surface area contributed by atoms with Gasteiger partial charge in [-0.15, -0.1) is 10.2 Å². The lowest BCUT2D eigenvalue weighted by molar-refractivity contribution is -0.115. The van der Waals surface area contributed by atoms with E-state index in [1.807, 2.05) is 12.1 Å². The molecule has 0 saturated heterocycles. The van der Waals surface area contributed by atoms with Crippen LogP contribution in [-0.2, 0) is 4.79 Å². The van der Waals surface area contributed by atoms with E-state index in [0.717, 1.165) is 10.6 Å². The van der Waals surface area contributed by atoms with E-state index in [2.05, 4.69) is 20.5 Å². The van der Waals surface area contributed by atoms with Gasteiger partial charge in [0.15, 0.2) is 0 Å². The van der Waals surface area contributed by atoms with Crippen molar-refractivity contribution in [1.29, 1.82) is 0 Å². The third-order valence-electron chi connectivity index (χ3n) is 1.92. The first kappa shape index (κ1) is 10.7. The fourth-order valence-corrected chi connectivity index (χ4v) is 1.86. The summed E-state index contributed by atoms with van der Waals surface area (Å²) >= 11 is 1.35. The van der Waals surface area contributed by atoms with Crippen molar-refractivity contribution in [1.82, 2.24) is 15.2 Å². The predicted molar refractivity (Wildman–Crippen MR) is 62.1 cm³/mol. The fourth-order valence-electron chi connectivity index (χ4n) is 1.09. The highest BCUT2D eigenvalue weighted by molar-refractivity contribution is 7.18. The van der Waals surface area contributed by atoms with Crippen molar-refractivity contribution in [2.24, 2.45) is 0 Å². The largest absolute Gasteiger partial charge is 0.301 e. The molecule has 2 aromatic heterocycles. The summed E-state index contributed by atoms with van der Waals surface area (Å²) in [6, 6.07) is 3.71. The van der Waals surface area contributed by atoms with Crippen molar-refractivity contribution in [3.05, 3.63) is 24.5 Å². The van der Waals surface area contributed by atoms with Crippen LogP contribution in [-0.4, -0.2) is 21.1 Å². The predicted octanol–water partition coefficient (Wildman–Crippen LogP) is 1.95. The van der Waals surface area contributed by atoms with Crippen LogP contribution in [0.4, 0.5) is 5.13 Å². The van der Waals surface area contributed by atoms with Crippen molar-refractivity contribution in [2.45, 2.75) is 13.3 Å². The minimum absolute atomic E-state index is 0.0579. The van der Waals surface area contributed by atoms with Crippen molar-refractivity contribution in [2.75, 3.05) is 5.32 Å². The van der Waals surface area contributed by atoms with Gasteiger partial charge in [0.2, 0.25) is 11.0 Å². The number of pyridine rings is 1. The summed E-state index contributed by atoms with van der Waals surface area (Å²) in [6.07, 6.45) is 3.83. The summed E-state index contributed by atoms with van der Waals surface area (Å²) in [5.41, 5.74) is 0.949. The summed E-state index contributed by atoms with van der Waals surface area (Å²) in [7, 11) is 0. The second-order valence-corrected chi connectivity index (χ2v) is 4.03. The number of amides is 1. The first-order valence-corrected chi connectivity index (χ1v) is 5.65. The third-order valence-corrected chi connectivity index (χ3v) is 2.81. The highest BCUT2D eigenvalue weighted by Gasteiger charge is 2.07. The number of hydrogen-bond donors (Lipinski definition) is 1. The van der Waals surface area contributed by atoms with Crippen molar-refractivity contribution >= 4 is 22.4 Å². The molecule has 0 fully saturated rings. The van der Waals surface area contributed by atoms with E-state index in [4.69, 9.17) is 0 Å². The van der Waals surface area contributed by atoms with Crippen LogP contribution in [0.1, 0.15) is 13.3 Å². The second-order valence-electron chi connectivity index (χ2n) is 3.05. The summed E-state index contributed by atoms with van der Waals surface area (Å²) in [4.78, 5) is 15.1. The highest BCUT2D eigenvalue weighted by Crippen LogP contribution is 2.25. The molecule has 0 aliphatic heterocycles. The Balaban J connectivity index is 2.17. The number of rotatable bonds is 3. The molecule has 0 unspecified atom stereocenters. The van der Waals surface area contributed by atoms with Gasteiger partial charge in [-0.25, -0.2) is 0 Å². The van der Waals surface area contributed by atoms with Crippen LogP contribution in [0.5, 0.6) is 0 Å². The van der Waals surface area contributed by atoms with E-state index in [9.17, 15) is 4.79 Å². The number of nitrogens with one attached hydrogen (secondary N) is 1. The molecule has 5 nitrogen and oxygen atoms in total. The molecule has 0 spiro atoms. The number of nitrogens with zero attached hydrogens (tertiary/aromatic N) is 3. The van der Waals surface area contributed by atoms with E-state index in [1.54, 1.807) is 19.3 Å². The quantitative estimate of drug-likeness (QED) is 0.881. The number of aromatic nitrogens is 3. The van der Waals surface area contributed by atoms with Gasteiger partial charge in [-0.05, 0) is 12.1 Å². The second kappa shape index (κ2) is 4.80. The SMILES string of the molecule is CCC(=O)Nc1nnc(-c2ccncc2)s1. The molecule has 0 saturated carbocycles. The van der Waals surface area contributed by atoms with Crippen LogP contribution in [0.3, 0.4) is 0 Å². The molecule has 0 aliphatic carbocycles. The highest BCUT2D eigenvalue weighted by atomic mass is 32.1. The van der Waals surface area contributed by atoms with Crippen LogP contribution in [0, 0.1) is 0 Å². The fraction of sp³-hybridized carbons (Fsp3) is 0.200. The molecule has 2 aromatic rings. The summed E-state index contributed by atoms with van der Waals surface area (Å²) in [5, 5.41) is 11.9. The average Bonchev–Trinajstić information content (AvgIpc) is 2.78. The summed E-state index contributed by atoms with van der Waals surface area (Å²) < 4.78 is 0. The van der Waals surface area contributed by atoms with Crippen LogP contribution in [0.15, 0.2) is 24.5 Å². The molecule has 2 heterocycles. The van der Waals surface area contributed by atoms with Gasteiger partial charge in [-0.3, -0.25) is 9.78 Å². The molecule has 0 atom stereocenters. The number of carbonyl (C=O) groups excluding carboxylic acids is 1. The minimum atomic E-state index is -0.0579. The normalized spacial score (nSPS) is 10.1. The van der Waals surface area contributed by atoms with E-state index in [-0.39, 0.29) is 5.91 Å². The van der Waals surface area contributed by atoms with E-state index < -0.39 is 0 Å². The van der Waals surface area contributed by atoms with Gasteiger partial charge in [0, 0.05) is 24.4 Å². The molecular formula is C10H10N4OS. The standard InChI is InChI=1S/C10H10N4OS/c1-2-8(15)12-10-14-13-9(16-10)7-3-5-11-6-4-7/h3-6H,2H2,1H3,(H,12,14,15). The lowest BCUT2D eigenvalue weighted by Crippen LogP contribution is -2.08. The molecule has 0 radical (unpaired) electrons. The Kier molecular flexibility index (Phi) is 3.21. The zero-order valence-electron chi connectivity index (χ0n) is 8.67. The Morgan fingerprint density at radius 2 is 2.12 bits per heavy atom. The number of carbonyl (C=O) groups is 1. The van der Waals surface area contributed by atoms with Gasteiger partial charge < -0.3 is 5.32 Å². The number of hydrogen-bond acceptors (Lipinski definition) is 5. The molecule has 2 rings (SSSR count). The third kappa shape index (κ3) is 2.40. The molecule has 1 amide bonds. The maximum absolute atomic E-state index is 11.1. The minimum Gasteiger partial charge on any atom is -0.301 e. The van der Waals surface area contributed by atoms with Crippen molar-refractivity contribution < 1.29 is 4.79 Å². The maximum atomic E-state index is 11.1. The van der Waals surface area contributed by atoms with Gasteiger partial charge in [0.1, 0.15) is 5.01 Å². The summed E-state index contributed by atoms with van der Waals surface area (Å²) in [5.74, 6) is -0.0579. The van der Waals surface area contributed by atoms with Gasteiger partial charge in [0.05, 0.1) is 0 Å². The molecule has 0 aromatic carbocycles. The topological polar surface area (TPSA) is 67.8 Å². The Hall–Kier alpha value is -1.82. The Bertz CT molecular complexity index is 483. The van der Waals surface area contributed by atoms with Crippen LogP contribution in [0.2, 0.25) is 0 Å². The van der Waals surface area contributed by atoms with Crippen LogP contribution < -0.4 is 5.32 Å². The van der Waals surface area contributed by atoms with Crippen LogP contribution >= 0.6 is 11.3 Å². The van der Waals surface area contributed by atoms with Crippen molar-refractivity contribution in [3.63, 3.8) is 0 Å². The van der Waals surface area contributed by atoms with Gasteiger partial charge in [-0.1, -0.05) is 18.3 Å². The molecule has 16 heavy (non-hydrogen) atoms. The van der Waals surface area contributed by atoms with Gasteiger partial charge in [-0.2, -0.15) is 0 Å². The molecule has 6 heteroatoms. The van der Waals surface area contributed by atoms with Crippen molar-refractivity contribution in [3.8, 4) is 10.6 Å². The van der Waals surface area contributed by atoms with Crippen LogP contribution in [0.25, 0.3) is 10.6 Å².